The van der Waals surface area contributed by atoms with E-state index in [4.69, 9.17) is 4.74 Å². The van der Waals surface area contributed by atoms with Crippen LogP contribution in [0.25, 0.3) is 6.08 Å². The minimum Gasteiger partial charge on any atom is -0.496 e. The molecule has 0 fully saturated rings. The average molecular weight is 356 g/mol. The summed E-state index contributed by atoms with van der Waals surface area (Å²) in [5, 5.41) is 4.47. The van der Waals surface area contributed by atoms with Crippen molar-refractivity contribution in [2.45, 2.75) is 19.0 Å². The van der Waals surface area contributed by atoms with Crippen molar-refractivity contribution in [1.82, 2.24) is 15.4 Å². The minimum atomic E-state index is -0.213. The predicted molar refractivity (Wildman–Crippen MR) is 101 cm³/mol. The molecule has 0 atom stereocenters. The molecule has 0 unspecified atom stereocenters. The Hall–Kier alpha value is -2.67. The SMILES string of the molecule is COc1ccccc1C=CC=NNC(=O)CSc1nc(C)cc(C)n1. The topological polar surface area (TPSA) is 76.5 Å². The molecule has 1 amide bonds. The third-order valence-electron chi connectivity index (χ3n) is 3.06. The van der Waals surface area contributed by atoms with E-state index >= 15 is 0 Å². The van der Waals surface area contributed by atoms with E-state index in [-0.39, 0.29) is 11.7 Å². The van der Waals surface area contributed by atoms with Crippen LogP contribution in [0.2, 0.25) is 0 Å². The van der Waals surface area contributed by atoms with E-state index < -0.39 is 0 Å². The molecule has 0 saturated carbocycles. The van der Waals surface area contributed by atoms with Gasteiger partial charge in [0.25, 0.3) is 5.91 Å². The van der Waals surface area contributed by atoms with Crippen molar-refractivity contribution in [3.8, 4) is 5.75 Å². The van der Waals surface area contributed by atoms with Crippen LogP contribution in [-0.2, 0) is 4.79 Å². The van der Waals surface area contributed by atoms with E-state index in [9.17, 15) is 4.79 Å². The second-order valence-electron chi connectivity index (χ2n) is 5.14. The van der Waals surface area contributed by atoms with Crippen molar-refractivity contribution < 1.29 is 9.53 Å². The zero-order chi connectivity index (χ0) is 18.1. The number of aryl methyl sites for hydroxylation is 2. The van der Waals surface area contributed by atoms with E-state index in [1.54, 1.807) is 13.2 Å². The van der Waals surface area contributed by atoms with E-state index in [2.05, 4.69) is 20.5 Å². The van der Waals surface area contributed by atoms with Crippen LogP contribution in [0, 0.1) is 13.8 Å². The van der Waals surface area contributed by atoms with Gasteiger partial charge in [0.2, 0.25) is 0 Å². The highest BCUT2D eigenvalue weighted by Crippen LogP contribution is 2.18. The third kappa shape index (κ3) is 6.39. The number of carbonyl (C=O) groups excluding carboxylic acids is 1. The van der Waals surface area contributed by atoms with E-state index in [0.29, 0.717) is 5.16 Å². The molecule has 0 spiro atoms. The van der Waals surface area contributed by atoms with Gasteiger partial charge in [-0.15, -0.1) is 0 Å². The van der Waals surface area contributed by atoms with Gasteiger partial charge in [0.1, 0.15) is 5.75 Å². The smallest absolute Gasteiger partial charge is 0.250 e. The zero-order valence-electron chi connectivity index (χ0n) is 14.4. The highest BCUT2D eigenvalue weighted by Gasteiger charge is 2.05. The quantitative estimate of drug-likeness (QED) is 0.357. The number of nitrogens with zero attached hydrogens (tertiary/aromatic N) is 3. The van der Waals surface area contributed by atoms with Gasteiger partial charge in [-0.1, -0.05) is 30.0 Å². The van der Waals surface area contributed by atoms with Crippen molar-refractivity contribution in [3.05, 3.63) is 53.4 Å². The molecule has 0 bridgehead atoms. The summed E-state index contributed by atoms with van der Waals surface area (Å²) in [4.78, 5) is 20.3. The van der Waals surface area contributed by atoms with Crippen molar-refractivity contribution >= 4 is 30.0 Å². The molecule has 1 heterocycles. The second kappa shape index (κ2) is 9.58. The Balaban J connectivity index is 1.79. The van der Waals surface area contributed by atoms with Gasteiger partial charge in [0.15, 0.2) is 5.16 Å². The molecular formula is C18H20N4O2S. The lowest BCUT2D eigenvalue weighted by Crippen LogP contribution is -2.19. The molecule has 25 heavy (non-hydrogen) atoms. The summed E-state index contributed by atoms with van der Waals surface area (Å²) in [5.41, 5.74) is 5.17. The first kappa shape index (κ1) is 18.7. The maximum Gasteiger partial charge on any atom is 0.250 e. The number of hydrazone groups is 1. The molecule has 0 saturated heterocycles. The van der Waals surface area contributed by atoms with Gasteiger partial charge in [-0.2, -0.15) is 5.10 Å². The number of rotatable bonds is 7. The van der Waals surface area contributed by atoms with Gasteiger partial charge in [-0.05, 0) is 38.1 Å². The molecular weight excluding hydrogens is 336 g/mol. The third-order valence-corrected chi connectivity index (χ3v) is 3.91. The Kier molecular flexibility index (Phi) is 7.16. The maximum absolute atomic E-state index is 11.8. The van der Waals surface area contributed by atoms with Crippen molar-refractivity contribution in [2.24, 2.45) is 5.10 Å². The number of hydrogen-bond donors (Lipinski definition) is 1. The first-order chi connectivity index (χ1) is 12.1. The molecule has 2 aromatic rings. The first-order valence-electron chi connectivity index (χ1n) is 7.65. The average Bonchev–Trinajstić information content (AvgIpc) is 2.59. The van der Waals surface area contributed by atoms with E-state index in [1.807, 2.05) is 50.3 Å². The van der Waals surface area contributed by atoms with Crippen molar-refractivity contribution in [3.63, 3.8) is 0 Å². The Morgan fingerprint density at radius 1 is 1.28 bits per heavy atom. The largest absolute Gasteiger partial charge is 0.496 e. The number of allylic oxidation sites excluding steroid dienone is 1. The van der Waals surface area contributed by atoms with E-state index in [1.165, 1.54) is 18.0 Å². The van der Waals surface area contributed by atoms with Crippen LogP contribution in [0.1, 0.15) is 17.0 Å². The monoisotopic (exact) mass is 356 g/mol. The maximum atomic E-state index is 11.8. The normalized spacial score (nSPS) is 11.2. The van der Waals surface area contributed by atoms with Gasteiger partial charge >= 0.3 is 0 Å². The number of para-hydroxylation sites is 1. The summed E-state index contributed by atoms with van der Waals surface area (Å²) in [5.74, 6) is 0.770. The van der Waals surface area contributed by atoms with Crippen LogP contribution in [-0.4, -0.2) is 35.0 Å². The van der Waals surface area contributed by atoms with Crippen LogP contribution in [0.15, 0.2) is 46.7 Å². The number of carbonyl (C=O) groups is 1. The second-order valence-corrected chi connectivity index (χ2v) is 6.08. The number of thioether (sulfide) groups is 1. The molecule has 2 rings (SSSR count). The summed E-state index contributed by atoms with van der Waals surface area (Å²) in [7, 11) is 1.62. The van der Waals surface area contributed by atoms with Crippen molar-refractivity contribution in [2.75, 3.05) is 12.9 Å². The lowest BCUT2D eigenvalue weighted by Gasteiger charge is -2.02. The number of methoxy groups -OCH3 is 1. The fraction of sp³-hybridized carbons (Fsp3) is 0.222. The van der Waals surface area contributed by atoms with Crippen LogP contribution >= 0.6 is 11.8 Å². The number of nitrogens with one attached hydrogen (secondary N) is 1. The fourth-order valence-electron chi connectivity index (χ4n) is 2.02. The number of ether oxygens (including phenoxy) is 1. The summed E-state index contributed by atoms with van der Waals surface area (Å²) < 4.78 is 5.25. The standard InChI is InChI=1S/C18H20N4O2S/c1-13-11-14(2)21-18(20-13)25-12-17(23)22-19-10-6-8-15-7-4-5-9-16(15)24-3/h4-11H,12H2,1-3H3,(H,22,23). The lowest BCUT2D eigenvalue weighted by molar-refractivity contribution is -0.118. The molecule has 1 N–H and O–H groups in total. The zero-order valence-corrected chi connectivity index (χ0v) is 15.2. The number of aromatic nitrogens is 2. The molecule has 0 radical (unpaired) electrons. The van der Waals surface area contributed by atoms with Crippen LogP contribution in [0.5, 0.6) is 5.75 Å². The Morgan fingerprint density at radius 3 is 2.72 bits per heavy atom. The Morgan fingerprint density at radius 2 is 2.00 bits per heavy atom. The highest BCUT2D eigenvalue weighted by molar-refractivity contribution is 7.99. The molecule has 130 valence electrons. The Labute approximate surface area is 151 Å². The first-order valence-corrected chi connectivity index (χ1v) is 8.63. The Bertz CT molecular complexity index is 770. The summed E-state index contributed by atoms with van der Waals surface area (Å²) in [6.07, 6.45) is 5.10. The van der Waals surface area contributed by atoms with Crippen LogP contribution in [0.4, 0.5) is 0 Å². The minimum absolute atomic E-state index is 0.205. The molecule has 0 aliphatic rings. The molecule has 1 aromatic carbocycles. The number of hydrogen-bond acceptors (Lipinski definition) is 6. The van der Waals surface area contributed by atoms with Crippen molar-refractivity contribution in [1.29, 1.82) is 0 Å². The highest BCUT2D eigenvalue weighted by atomic mass is 32.2. The molecule has 7 heteroatoms. The van der Waals surface area contributed by atoms with Gasteiger partial charge in [-0.3, -0.25) is 4.79 Å². The number of amides is 1. The molecule has 0 aliphatic carbocycles. The fourth-order valence-corrected chi connectivity index (χ4v) is 2.77. The van der Waals surface area contributed by atoms with Gasteiger partial charge in [0, 0.05) is 23.2 Å². The van der Waals surface area contributed by atoms with Gasteiger partial charge in [0.05, 0.1) is 12.9 Å². The summed E-state index contributed by atoms with van der Waals surface area (Å²) in [6, 6.07) is 9.53. The predicted octanol–water partition coefficient (Wildman–Crippen LogP) is 3.01. The molecule has 6 nitrogen and oxygen atoms in total. The van der Waals surface area contributed by atoms with E-state index in [0.717, 1.165) is 22.7 Å². The molecule has 0 aliphatic heterocycles. The molecule has 1 aromatic heterocycles. The lowest BCUT2D eigenvalue weighted by atomic mass is 10.2. The van der Waals surface area contributed by atoms with Gasteiger partial charge in [-0.25, -0.2) is 15.4 Å². The van der Waals surface area contributed by atoms with Crippen LogP contribution in [0.3, 0.4) is 0 Å². The van der Waals surface area contributed by atoms with Gasteiger partial charge < -0.3 is 4.74 Å². The number of benzene rings is 1. The van der Waals surface area contributed by atoms with Crippen LogP contribution < -0.4 is 10.2 Å². The summed E-state index contributed by atoms with van der Waals surface area (Å²) >= 11 is 1.28. The summed E-state index contributed by atoms with van der Waals surface area (Å²) in [6.45, 7) is 3.80.